The number of fused-ring (bicyclic) bond motifs is 2. The molecular weight excluding hydrogens is 643 g/mol. The third kappa shape index (κ3) is 5.84. The molecule has 1 saturated carbocycles. The molecule has 3 heterocycles. The van der Waals surface area contributed by atoms with Gasteiger partial charge in [-0.2, -0.15) is 27.2 Å². The molecule has 0 amide bonds. The molecule has 6 rings (SSSR count). The zero-order valence-corrected chi connectivity index (χ0v) is 26.1. The van der Waals surface area contributed by atoms with Crippen molar-refractivity contribution >= 4 is 44.7 Å². The van der Waals surface area contributed by atoms with Gasteiger partial charge < -0.3 is 10.6 Å². The molecule has 0 radical (unpaired) electrons. The highest BCUT2D eigenvalue weighted by Gasteiger charge is 2.66. The van der Waals surface area contributed by atoms with Gasteiger partial charge in [-0.3, -0.25) is 14.3 Å². The topological polar surface area (TPSA) is 113 Å². The number of alkyl halides is 5. The number of nitriles is 1. The highest BCUT2D eigenvalue weighted by Crippen LogP contribution is 2.55. The molecule has 1 unspecified atom stereocenters. The minimum Gasteiger partial charge on any atom is -0.383 e. The van der Waals surface area contributed by atoms with Crippen molar-refractivity contribution in [3.8, 4) is 6.07 Å². The van der Waals surface area contributed by atoms with E-state index in [1.54, 1.807) is 18.2 Å². The van der Waals surface area contributed by atoms with Crippen molar-refractivity contribution in [1.29, 1.82) is 5.26 Å². The Labute approximate surface area is 270 Å². The Morgan fingerprint density at radius 3 is 2.49 bits per heavy atom. The quantitative estimate of drug-likeness (QED) is 0.162. The first-order valence-electron chi connectivity index (χ1n) is 14.6. The van der Waals surface area contributed by atoms with E-state index >= 15 is 0 Å². The number of rotatable bonds is 8. The van der Waals surface area contributed by atoms with Gasteiger partial charge in [0.05, 0.1) is 34.0 Å². The second-order valence-electron chi connectivity index (χ2n) is 12.7. The van der Waals surface area contributed by atoms with E-state index in [0.29, 0.717) is 39.0 Å². The van der Waals surface area contributed by atoms with E-state index in [4.69, 9.17) is 11.6 Å². The van der Waals surface area contributed by atoms with E-state index in [9.17, 15) is 32.0 Å². The lowest BCUT2D eigenvalue weighted by atomic mass is 9.96. The van der Waals surface area contributed by atoms with Crippen LogP contribution in [-0.2, 0) is 5.54 Å². The third-order valence-electron chi connectivity index (χ3n) is 8.18. The Bertz CT molecular complexity index is 2110. The maximum Gasteiger partial charge on any atom is 0.413 e. The van der Waals surface area contributed by atoms with Gasteiger partial charge in [0, 0.05) is 35.4 Å². The van der Waals surface area contributed by atoms with Crippen LogP contribution < -0.4 is 16.2 Å². The average molecular weight is 671 g/mol. The lowest BCUT2D eigenvalue weighted by Gasteiger charge is -2.23. The Morgan fingerprint density at radius 2 is 1.85 bits per heavy atom. The molecule has 1 aliphatic carbocycles. The molecule has 0 bridgehead atoms. The molecule has 47 heavy (non-hydrogen) atoms. The summed E-state index contributed by atoms with van der Waals surface area (Å²) in [5.41, 5.74) is -1.24. The largest absolute Gasteiger partial charge is 0.413 e. The van der Waals surface area contributed by atoms with Crippen LogP contribution in [0.2, 0.25) is 5.02 Å². The SMILES string of the molecule is CC(C)(C)CNc1c(C#N)cnc2c(Cl)cc(NC(c3cn(C4(C(F)(F)F)CC4)nn3)c3cccc4c(=O)n(C(F)F)ccc34)cc12. The van der Waals surface area contributed by atoms with Crippen LogP contribution in [0.4, 0.5) is 33.3 Å². The third-order valence-corrected chi connectivity index (χ3v) is 8.46. The molecule has 2 N–H and O–H groups in total. The van der Waals surface area contributed by atoms with Crippen LogP contribution in [0.1, 0.15) is 63.0 Å². The zero-order chi connectivity index (χ0) is 33.9. The summed E-state index contributed by atoms with van der Waals surface area (Å²) in [6, 6.07) is 10.2. The lowest BCUT2D eigenvalue weighted by molar-refractivity contribution is -0.182. The van der Waals surface area contributed by atoms with Crippen LogP contribution >= 0.6 is 11.6 Å². The fourth-order valence-corrected chi connectivity index (χ4v) is 5.82. The van der Waals surface area contributed by atoms with Crippen molar-refractivity contribution in [2.24, 2.45) is 5.41 Å². The molecule has 2 aromatic carbocycles. The molecule has 3 aromatic heterocycles. The Hall–Kier alpha value is -4.77. The summed E-state index contributed by atoms with van der Waals surface area (Å²) in [6.07, 6.45) is -1.29. The van der Waals surface area contributed by atoms with Gasteiger partial charge in [-0.15, -0.1) is 5.10 Å². The van der Waals surface area contributed by atoms with Gasteiger partial charge in [0.1, 0.15) is 11.8 Å². The summed E-state index contributed by atoms with van der Waals surface area (Å²) in [4.78, 5) is 17.3. The van der Waals surface area contributed by atoms with Crippen molar-refractivity contribution in [2.45, 2.75) is 57.9 Å². The van der Waals surface area contributed by atoms with Gasteiger partial charge in [0.15, 0.2) is 5.54 Å². The van der Waals surface area contributed by atoms with Crippen LogP contribution in [-0.4, -0.2) is 37.3 Å². The van der Waals surface area contributed by atoms with Crippen LogP contribution in [0.3, 0.4) is 0 Å². The van der Waals surface area contributed by atoms with Gasteiger partial charge >= 0.3 is 12.7 Å². The van der Waals surface area contributed by atoms with E-state index in [0.717, 1.165) is 10.9 Å². The number of hydrogen-bond donors (Lipinski definition) is 2. The molecule has 1 atom stereocenters. The summed E-state index contributed by atoms with van der Waals surface area (Å²) in [6.45, 7) is 3.51. The molecule has 0 aliphatic heterocycles. The number of nitrogens with one attached hydrogen (secondary N) is 2. The normalized spacial score (nSPS) is 15.2. The Kier molecular flexibility index (Phi) is 7.86. The van der Waals surface area contributed by atoms with Crippen molar-refractivity contribution < 1.29 is 22.0 Å². The second-order valence-corrected chi connectivity index (χ2v) is 13.1. The zero-order valence-electron chi connectivity index (χ0n) is 25.3. The van der Waals surface area contributed by atoms with E-state index in [-0.39, 0.29) is 45.3 Å². The summed E-state index contributed by atoms with van der Waals surface area (Å²) < 4.78 is 70.2. The van der Waals surface area contributed by atoms with E-state index < -0.39 is 29.9 Å². The predicted octanol–water partition coefficient (Wildman–Crippen LogP) is 7.77. The molecule has 244 valence electrons. The molecule has 9 nitrogen and oxygen atoms in total. The number of anilines is 2. The Morgan fingerprint density at radius 1 is 1.11 bits per heavy atom. The van der Waals surface area contributed by atoms with Gasteiger partial charge in [-0.1, -0.05) is 49.7 Å². The smallest absolute Gasteiger partial charge is 0.383 e. The lowest BCUT2D eigenvalue weighted by Crippen LogP contribution is -2.35. The molecule has 0 saturated heterocycles. The van der Waals surface area contributed by atoms with Crippen molar-refractivity contribution in [3.63, 3.8) is 0 Å². The van der Waals surface area contributed by atoms with Crippen LogP contribution in [0.15, 0.2) is 59.8 Å². The number of nitrogens with zero attached hydrogens (tertiary/aromatic N) is 6. The first kappa shape index (κ1) is 32.2. The summed E-state index contributed by atoms with van der Waals surface area (Å²) in [5, 5.41) is 25.4. The van der Waals surface area contributed by atoms with Crippen molar-refractivity contribution in [1.82, 2.24) is 24.5 Å². The van der Waals surface area contributed by atoms with E-state index in [1.165, 1.54) is 30.6 Å². The molecular formula is C32H28ClF5N8O. The molecule has 1 fully saturated rings. The van der Waals surface area contributed by atoms with Gasteiger partial charge in [0.25, 0.3) is 5.56 Å². The fourth-order valence-electron chi connectivity index (χ4n) is 5.55. The fraction of sp³-hybridized carbons (Fsp3) is 0.344. The number of pyridine rings is 2. The first-order valence-corrected chi connectivity index (χ1v) is 15.0. The highest BCUT2D eigenvalue weighted by molar-refractivity contribution is 6.35. The molecule has 0 spiro atoms. The number of hydrogen-bond acceptors (Lipinski definition) is 7. The highest BCUT2D eigenvalue weighted by atomic mass is 35.5. The predicted molar refractivity (Wildman–Crippen MR) is 168 cm³/mol. The maximum absolute atomic E-state index is 14.0. The number of benzene rings is 2. The summed E-state index contributed by atoms with van der Waals surface area (Å²) in [5.74, 6) is 0. The molecule has 5 aromatic rings. The minimum absolute atomic E-state index is 0.0217. The monoisotopic (exact) mass is 670 g/mol. The average Bonchev–Trinajstić information content (AvgIpc) is 3.69. The Balaban J connectivity index is 1.52. The first-order chi connectivity index (χ1) is 22.1. The standard InChI is InChI=1S/C32H28ClF5N8O/c1-30(2,3)16-41-25-17(13-39)14-40-26-22(25)11-18(12-23(26)33)42-27(24-15-46(44-43-24)31(8-9-31)32(36,37)38)20-5-4-6-21-19(20)7-10-45(28(21)47)29(34)35/h4-7,10-12,14-15,27,29,42H,8-9,16H2,1-3H3,(H,40,41). The van der Waals surface area contributed by atoms with Crippen molar-refractivity contribution in [3.05, 3.63) is 87.2 Å². The maximum atomic E-state index is 14.0. The minimum atomic E-state index is -4.56. The van der Waals surface area contributed by atoms with Crippen LogP contribution in [0.25, 0.3) is 21.7 Å². The van der Waals surface area contributed by atoms with E-state index in [2.05, 4.69) is 32.0 Å². The van der Waals surface area contributed by atoms with Gasteiger partial charge in [-0.25, -0.2) is 4.68 Å². The van der Waals surface area contributed by atoms with Gasteiger partial charge in [0.2, 0.25) is 0 Å². The van der Waals surface area contributed by atoms with Gasteiger partial charge in [-0.05, 0) is 53.5 Å². The van der Waals surface area contributed by atoms with Crippen LogP contribution in [0, 0.1) is 16.7 Å². The molecule has 15 heteroatoms. The summed E-state index contributed by atoms with van der Waals surface area (Å²) >= 11 is 6.70. The summed E-state index contributed by atoms with van der Waals surface area (Å²) in [7, 11) is 0. The number of aromatic nitrogens is 5. The van der Waals surface area contributed by atoms with E-state index in [1.807, 2.05) is 20.8 Å². The van der Waals surface area contributed by atoms with Crippen molar-refractivity contribution in [2.75, 3.05) is 17.2 Å². The second kappa shape index (κ2) is 11.5. The van der Waals surface area contributed by atoms with Crippen LogP contribution in [0.5, 0.6) is 0 Å². The number of halogens is 6. The molecule has 1 aliphatic rings.